The molecule has 0 aliphatic rings. The van der Waals surface area contributed by atoms with Crippen LogP contribution in [0.2, 0.25) is 0 Å². The van der Waals surface area contributed by atoms with Crippen molar-refractivity contribution in [3.05, 3.63) is 85.1 Å². The van der Waals surface area contributed by atoms with Gasteiger partial charge in [-0.05, 0) is 89.9 Å². The molecular formula is C75H136NO8P. The summed E-state index contributed by atoms with van der Waals surface area (Å²) in [7, 11) is -4.40. The van der Waals surface area contributed by atoms with E-state index in [1.165, 1.54) is 231 Å². The minimum absolute atomic E-state index is 0.0497. The molecule has 9 nitrogen and oxygen atoms in total. The zero-order chi connectivity index (χ0) is 61.6. The highest BCUT2D eigenvalue weighted by Gasteiger charge is 2.26. The van der Waals surface area contributed by atoms with Crippen LogP contribution in [0.3, 0.4) is 0 Å². The molecule has 0 fully saturated rings. The number of nitrogens with two attached hydrogens (primary N) is 1. The maximum atomic E-state index is 12.8. The number of allylic oxidation sites excluding steroid dienone is 14. The maximum absolute atomic E-state index is 12.8. The highest BCUT2D eigenvalue weighted by molar-refractivity contribution is 7.47. The van der Waals surface area contributed by atoms with Crippen LogP contribution in [0.1, 0.15) is 348 Å². The van der Waals surface area contributed by atoms with Gasteiger partial charge in [0.1, 0.15) is 6.61 Å². The Hall–Kier alpha value is -2.81. The molecule has 0 rings (SSSR count). The summed E-state index contributed by atoms with van der Waals surface area (Å²) in [5.41, 5.74) is 5.40. The summed E-state index contributed by atoms with van der Waals surface area (Å²) in [5.74, 6) is -0.827. The number of rotatable bonds is 68. The van der Waals surface area contributed by atoms with Crippen LogP contribution >= 0.6 is 7.82 Å². The second-order valence-electron chi connectivity index (χ2n) is 24.1. The standard InChI is InChI=1S/C75H136NO8P/c1-3-5-7-9-11-13-15-17-19-21-23-25-27-29-31-32-33-34-35-36-37-38-39-40-42-43-45-47-49-51-53-55-57-59-61-63-65-67-74(77)81-71-73(72-83-85(79,80)82-70-69-76)84-75(78)68-66-64-62-60-58-56-54-52-50-48-46-44-41-30-28-26-24-22-20-18-16-14-12-10-8-6-4-2/h6,8,12,14,18,20-21,23-24,26,30,41,46,48,73H,3-5,7,9-11,13,15-17,19,22,25,27-29,31-40,42-45,47,49-72,76H2,1-2H3,(H,79,80)/b8-6-,14-12-,20-18-,23-21-,26-24-,41-30-,48-46-. The molecule has 0 saturated heterocycles. The van der Waals surface area contributed by atoms with Gasteiger partial charge >= 0.3 is 19.8 Å². The van der Waals surface area contributed by atoms with Crippen molar-refractivity contribution in [1.29, 1.82) is 0 Å². The first-order valence-electron chi connectivity index (χ1n) is 36.1. The van der Waals surface area contributed by atoms with E-state index in [9.17, 15) is 19.0 Å². The van der Waals surface area contributed by atoms with E-state index in [1.807, 2.05) is 0 Å². The van der Waals surface area contributed by atoms with E-state index in [-0.39, 0.29) is 38.6 Å². The molecule has 0 aromatic heterocycles. The molecule has 0 amide bonds. The molecule has 494 valence electrons. The van der Waals surface area contributed by atoms with Crippen LogP contribution in [0.15, 0.2) is 85.1 Å². The topological polar surface area (TPSA) is 134 Å². The predicted octanol–water partition coefficient (Wildman–Crippen LogP) is 23.8. The monoisotopic (exact) mass is 1210 g/mol. The molecule has 0 saturated carbocycles. The van der Waals surface area contributed by atoms with Gasteiger partial charge in [0.25, 0.3) is 0 Å². The lowest BCUT2D eigenvalue weighted by atomic mass is 10.0. The zero-order valence-corrected chi connectivity index (χ0v) is 56.5. The third-order valence-electron chi connectivity index (χ3n) is 15.8. The smallest absolute Gasteiger partial charge is 0.462 e. The van der Waals surface area contributed by atoms with E-state index in [2.05, 4.69) is 98.9 Å². The highest BCUT2D eigenvalue weighted by atomic mass is 31.2. The van der Waals surface area contributed by atoms with Gasteiger partial charge in [0, 0.05) is 19.4 Å². The van der Waals surface area contributed by atoms with Gasteiger partial charge in [-0.3, -0.25) is 18.6 Å². The van der Waals surface area contributed by atoms with E-state index in [0.29, 0.717) is 6.42 Å². The Balaban J connectivity index is 3.83. The minimum Gasteiger partial charge on any atom is -0.462 e. The first-order chi connectivity index (χ1) is 41.8. The molecule has 0 bridgehead atoms. The van der Waals surface area contributed by atoms with Crippen LogP contribution in [0.5, 0.6) is 0 Å². The van der Waals surface area contributed by atoms with E-state index in [0.717, 1.165) is 83.5 Å². The van der Waals surface area contributed by atoms with Gasteiger partial charge in [0.05, 0.1) is 13.2 Å². The Morgan fingerprint density at radius 1 is 0.365 bits per heavy atom. The third-order valence-corrected chi connectivity index (χ3v) is 16.7. The number of phosphoric acid groups is 1. The summed E-state index contributed by atoms with van der Waals surface area (Å²) in [6.07, 6.45) is 94.1. The summed E-state index contributed by atoms with van der Waals surface area (Å²) in [5, 5.41) is 0. The summed E-state index contributed by atoms with van der Waals surface area (Å²) in [4.78, 5) is 35.4. The number of carbonyl (C=O) groups excluding carboxylic acids is 2. The molecule has 0 heterocycles. The van der Waals surface area contributed by atoms with Crippen molar-refractivity contribution in [2.24, 2.45) is 5.73 Å². The van der Waals surface area contributed by atoms with Crippen LogP contribution in [0.25, 0.3) is 0 Å². The van der Waals surface area contributed by atoms with Crippen molar-refractivity contribution in [2.45, 2.75) is 354 Å². The predicted molar refractivity (Wildman–Crippen MR) is 367 cm³/mol. The van der Waals surface area contributed by atoms with Crippen molar-refractivity contribution >= 4 is 19.8 Å². The Bertz CT molecular complexity index is 1670. The van der Waals surface area contributed by atoms with Gasteiger partial charge < -0.3 is 20.1 Å². The Morgan fingerprint density at radius 3 is 0.976 bits per heavy atom. The van der Waals surface area contributed by atoms with Crippen LogP contribution in [0, 0.1) is 0 Å². The molecule has 2 unspecified atom stereocenters. The quantitative estimate of drug-likeness (QED) is 0.0264. The van der Waals surface area contributed by atoms with E-state index in [4.69, 9.17) is 24.3 Å². The lowest BCUT2D eigenvalue weighted by molar-refractivity contribution is -0.161. The largest absolute Gasteiger partial charge is 0.472 e. The maximum Gasteiger partial charge on any atom is 0.472 e. The molecule has 0 radical (unpaired) electrons. The second-order valence-corrected chi connectivity index (χ2v) is 25.5. The normalized spacial score (nSPS) is 13.4. The fourth-order valence-corrected chi connectivity index (χ4v) is 11.2. The summed E-state index contributed by atoms with van der Waals surface area (Å²) < 4.78 is 33.2. The van der Waals surface area contributed by atoms with Gasteiger partial charge in [-0.15, -0.1) is 0 Å². The number of hydrogen-bond donors (Lipinski definition) is 2. The van der Waals surface area contributed by atoms with Crippen molar-refractivity contribution in [2.75, 3.05) is 26.4 Å². The minimum atomic E-state index is -4.40. The Labute approximate surface area is 525 Å². The molecule has 0 aromatic carbocycles. The number of hydrogen-bond acceptors (Lipinski definition) is 8. The fraction of sp³-hybridized carbons (Fsp3) is 0.787. The van der Waals surface area contributed by atoms with E-state index < -0.39 is 26.5 Å². The van der Waals surface area contributed by atoms with E-state index >= 15 is 0 Å². The first-order valence-corrected chi connectivity index (χ1v) is 37.6. The number of unbranched alkanes of at least 4 members (excludes halogenated alkanes) is 41. The average Bonchev–Trinajstić information content (AvgIpc) is 3.53. The second kappa shape index (κ2) is 70.3. The number of phosphoric ester groups is 1. The first kappa shape index (κ1) is 82.2. The van der Waals surface area contributed by atoms with E-state index in [1.54, 1.807) is 0 Å². The van der Waals surface area contributed by atoms with Crippen molar-refractivity contribution < 1.29 is 37.6 Å². The SMILES string of the molecule is CC/C=C\C/C=C\C/C=C\C/C=C\C/C=C\C/C=C\CCCCCCCCCCC(=O)OC(COC(=O)CCCCCCCCCCCCCCCCCCCCCCCCCCC/C=C\CCCCCCCCCC)COP(=O)(O)OCCN. The zero-order valence-electron chi connectivity index (χ0n) is 55.6. The third kappa shape index (κ3) is 70.2. The molecular weight excluding hydrogens is 1070 g/mol. The summed E-state index contributed by atoms with van der Waals surface area (Å²) in [6, 6.07) is 0. The number of ether oxygens (including phenoxy) is 2. The molecule has 0 aliphatic heterocycles. The Kier molecular flexibility index (Phi) is 68.0. The molecule has 0 aliphatic carbocycles. The summed E-state index contributed by atoms with van der Waals surface area (Å²) >= 11 is 0. The van der Waals surface area contributed by atoms with Crippen LogP contribution in [-0.2, 0) is 32.7 Å². The van der Waals surface area contributed by atoms with Gasteiger partial charge in [0.15, 0.2) is 6.10 Å². The fourth-order valence-electron chi connectivity index (χ4n) is 10.5. The lowest BCUT2D eigenvalue weighted by Crippen LogP contribution is -2.29. The van der Waals surface area contributed by atoms with Crippen molar-refractivity contribution in [3.63, 3.8) is 0 Å². The Morgan fingerprint density at radius 2 is 0.647 bits per heavy atom. The molecule has 3 N–H and O–H groups in total. The average molecular weight is 1210 g/mol. The number of carbonyl (C=O) groups is 2. The molecule has 85 heavy (non-hydrogen) atoms. The van der Waals surface area contributed by atoms with Gasteiger partial charge in [-0.2, -0.15) is 0 Å². The molecule has 0 aromatic rings. The van der Waals surface area contributed by atoms with Crippen LogP contribution in [-0.4, -0.2) is 49.3 Å². The van der Waals surface area contributed by atoms with Crippen molar-refractivity contribution in [3.8, 4) is 0 Å². The lowest BCUT2D eigenvalue weighted by Gasteiger charge is -2.19. The molecule has 0 spiro atoms. The van der Waals surface area contributed by atoms with Gasteiger partial charge in [-0.25, -0.2) is 4.57 Å². The molecule has 10 heteroatoms. The van der Waals surface area contributed by atoms with Crippen LogP contribution < -0.4 is 5.73 Å². The van der Waals surface area contributed by atoms with Gasteiger partial charge in [-0.1, -0.05) is 330 Å². The van der Waals surface area contributed by atoms with Crippen molar-refractivity contribution in [1.82, 2.24) is 0 Å². The highest BCUT2D eigenvalue weighted by Crippen LogP contribution is 2.43. The van der Waals surface area contributed by atoms with Gasteiger partial charge in [0.2, 0.25) is 0 Å². The van der Waals surface area contributed by atoms with Crippen LogP contribution in [0.4, 0.5) is 0 Å². The number of esters is 2. The molecule has 2 atom stereocenters. The summed E-state index contributed by atoms with van der Waals surface area (Å²) in [6.45, 7) is 3.66.